The van der Waals surface area contributed by atoms with Gasteiger partial charge in [0.1, 0.15) is 6.04 Å². The Hall–Kier alpha value is -1.35. The minimum Gasteiger partial charge on any atom is -0.465 e. The number of esters is 1. The molecule has 0 fully saturated rings. The normalized spacial score (nSPS) is 14.1. The van der Waals surface area contributed by atoms with Gasteiger partial charge in [-0.2, -0.15) is 0 Å². The van der Waals surface area contributed by atoms with E-state index in [1.165, 1.54) is 5.56 Å². The summed E-state index contributed by atoms with van der Waals surface area (Å²) >= 11 is 0. The van der Waals surface area contributed by atoms with Crippen LogP contribution in [-0.2, 0) is 9.53 Å². The molecule has 17 heavy (non-hydrogen) atoms. The maximum atomic E-state index is 11.7. The molecule has 0 bridgehead atoms. The third kappa shape index (κ3) is 4.19. The van der Waals surface area contributed by atoms with E-state index in [0.29, 0.717) is 6.61 Å². The van der Waals surface area contributed by atoms with Crippen molar-refractivity contribution in [3.05, 3.63) is 35.9 Å². The lowest BCUT2D eigenvalue weighted by Crippen LogP contribution is -2.39. The maximum Gasteiger partial charge on any atom is 0.323 e. The summed E-state index contributed by atoms with van der Waals surface area (Å²) in [6.45, 7) is 6.28. The Morgan fingerprint density at radius 2 is 1.94 bits per heavy atom. The van der Waals surface area contributed by atoms with E-state index in [-0.39, 0.29) is 18.1 Å². The number of hydrogen-bond acceptors (Lipinski definition) is 3. The number of benzene rings is 1. The second-order valence-electron chi connectivity index (χ2n) is 4.01. The van der Waals surface area contributed by atoms with Crippen molar-refractivity contribution in [2.75, 3.05) is 6.61 Å². The highest BCUT2D eigenvalue weighted by Crippen LogP contribution is 2.13. The Balaban J connectivity index is 2.59. The van der Waals surface area contributed by atoms with Gasteiger partial charge in [0, 0.05) is 6.04 Å². The maximum absolute atomic E-state index is 11.7. The van der Waals surface area contributed by atoms with Crippen molar-refractivity contribution in [2.24, 2.45) is 0 Å². The molecule has 94 valence electrons. The number of hydrogen-bond donors (Lipinski definition) is 1. The molecule has 3 heteroatoms. The van der Waals surface area contributed by atoms with Crippen molar-refractivity contribution in [1.29, 1.82) is 0 Å². The van der Waals surface area contributed by atoms with Crippen LogP contribution in [0.2, 0.25) is 0 Å². The van der Waals surface area contributed by atoms with E-state index in [2.05, 4.69) is 24.4 Å². The highest BCUT2D eigenvalue weighted by Gasteiger charge is 2.19. The second kappa shape index (κ2) is 7.07. The zero-order valence-corrected chi connectivity index (χ0v) is 10.8. The molecule has 0 aliphatic rings. The minimum atomic E-state index is -0.231. The zero-order chi connectivity index (χ0) is 12.7. The van der Waals surface area contributed by atoms with Crippen LogP contribution in [-0.4, -0.2) is 18.6 Å². The van der Waals surface area contributed by atoms with Crippen LogP contribution in [0.4, 0.5) is 0 Å². The molecule has 0 radical (unpaired) electrons. The van der Waals surface area contributed by atoms with Gasteiger partial charge in [0.05, 0.1) is 6.61 Å². The fourth-order valence-corrected chi connectivity index (χ4v) is 1.74. The van der Waals surface area contributed by atoms with E-state index in [1.807, 2.05) is 32.0 Å². The van der Waals surface area contributed by atoms with Gasteiger partial charge < -0.3 is 4.74 Å². The van der Waals surface area contributed by atoms with Gasteiger partial charge in [-0.05, 0) is 25.8 Å². The van der Waals surface area contributed by atoms with Crippen LogP contribution in [0.25, 0.3) is 0 Å². The molecule has 1 rings (SSSR count). The average Bonchev–Trinajstić information content (AvgIpc) is 2.37. The topological polar surface area (TPSA) is 38.3 Å². The molecular weight excluding hydrogens is 214 g/mol. The summed E-state index contributed by atoms with van der Waals surface area (Å²) in [5.74, 6) is -0.169. The molecule has 0 heterocycles. The van der Waals surface area contributed by atoms with E-state index in [4.69, 9.17) is 4.74 Å². The molecule has 2 atom stereocenters. The highest BCUT2D eigenvalue weighted by atomic mass is 16.5. The first-order chi connectivity index (χ1) is 8.19. The third-order valence-electron chi connectivity index (χ3n) is 2.73. The monoisotopic (exact) mass is 235 g/mol. The number of carbonyl (C=O) groups is 1. The van der Waals surface area contributed by atoms with Gasteiger partial charge in [-0.1, -0.05) is 37.3 Å². The fourth-order valence-electron chi connectivity index (χ4n) is 1.74. The Morgan fingerprint density at radius 3 is 2.47 bits per heavy atom. The van der Waals surface area contributed by atoms with E-state index >= 15 is 0 Å². The molecule has 0 amide bonds. The minimum absolute atomic E-state index is 0.144. The average molecular weight is 235 g/mol. The first-order valence-electron chi connectivity index (χ1n) is 6.16. The Kier molecular flexibility index (Phi) is 5.70. The SMILES string of the molecule is CCOC(=O)C(CC)N[C@H](C)c1ccccc1. The summed E-state index contributed by atoms with van der Waals surface area (Å²) in [4.78, 5) is 11.7. The molecule has 0 saturated heterocycles. The van der Waals surface area contributed by atoms with Crippen molar-refractivity contribution in [3.63, 3.8) is 0 Å². The first kappa shape index (κ1) is 13.7. The van der Waals surface area contributed by atoms with Gasteiger partial charge >= 0.3 is 5.97 Å². The second-order valence-corrected chi connectivity index (χ2v) is 4.01. The van der Waals surface area contributed by atoms with Crippen LogP contribution < -0.4 is 5.32 Å². The van der Waals surface area contributed by atoms with Crippen molar-refractivity contribution in [1.82, 2.24) is 5.32 Å². The van der Waals surface area contributed by atoms with Gasteiger partial charge in [-0.25, -0.2) is 0 Å². The lowest BCUT2D eigenvalue weighted by atomic mass is 10.1. The molecule has 1 aromatic carbocycles. The van der Waals surface area contributed by atoms with Crippen molar-refractivity contribution in [3.8, 4) is 0 Å². The summed E-state index contributed by atoms with van der Waals surface area (Å²) in [5, 5.41) is 3.29. The first-order valence-corrected chi connectivity index (χ1v) is 6.16. The van der Waals surface area contributed by atoms with Crippen LogP contribution >= 0.6 is 0 Å². The summed E-state index contributed by atoms with van der Waals surface area (Å²) in [5.41, 5.74) is 1.18. The number of ether oxygens (including phenoxy) is 1. The number of nitrogens with one attached hydrogen (secondary N) is 1. The smallest absolute Gasteiger partial charge is 0.323 e. The third-order valence-corrected chi connectivity index (χ3v) is 2.73. The zero-order valence-electron chi connectivity index (χ0n) is 10.8. The molecule has 1 aromatic rings. The molecular formula is C14H21NO2. The molecule has 0 spiro atoms. The quantitative estimate of drug-likeness (QED) is 0.770. The van der Waals surface area contributed by atoms with Crippen molar-refractivity contribution in [2.45, 2.75) is 39.3 Å². The van der Waals surface area contributed by atoms with Crippen LogP contribution in [0.1, 0.15) is 38.8 Å². The van der Waals surface area contributed by atoms with E-state index in [1.54, 1.807) is 0 Å². The van der Waals surface area contributed by atoms with Crippen LogP contribution in [0, 0.1) is 0 Å². The lowest BCUT2D eigenvalue weighted by Gasteiger charge is -2.21. The van der Waals surface area contributed by atoms with Crippen LogP contribution in [0.3, 0.4) is 0 Å². The summed E-state index contributed by atoms with van der Waals surface area (Å²) < 4.78 is 5.03. The molecule has 0 aliphatic heterocycles. The van der Waals surface area contributed by atoms with Crippen molar-refractivity contribution < 1.29 is 9.53 Å². The largest absolute Gasteiger partial charge is 0.465 e. The highest BCUT2D eigenvalue weighted by molar-refractivity contribution is 5.75. The molecule has 3 nitrogen and oxygen atoms in total. The van der Waals surface area contributed by atoms with Crippen LogP contribution in [0.5, 0.6) is 0 Å². The molecule has 1 unspecified atom stereocenters. The van der Waals surface area contributed by atoms with Crippen molar-refractivity contribution >= 4 is 5.97 Å². The predicted octanol–water partition coefficient (Wildman–Crippen LogP) is 2.68. The molecule has 1 N–H and O–H groups in total. The van der Waals surface area contributed by atoms with Gasteiger partial charge in [-0.3, -0.25) is 10.1 Å². The lowest BCUT2D eigenvalue weighted by molar-refractivity contribution is -0.145. The van der Waals surface area contributed by atoms with E-state index < -0.39 is 0 Å². The molecule has 0 aromatic heterocycles. The van der Waals surface area contributed by atoms with E-state index in [0.717, 1.165) is 6.42 Å². The summed E-state index contributed by atoms with van der Waals surface area (Å²) in [6, 6.07) is 10.00. The van der Waals surface area contributed by atoms with Gasteiger partial charge in [-0.15, -0.1) is 0 Å². The Labute approximate surface area is 103 Å². The summed E-state index contributed by atoms with van der Waals surface area (Å²) in [7, 11) is 0. The van der Waals surface area contributed by atoms with Crippen LogP contribution in [0.15, 0.2) is 30.3 Å². The molecule has 0 saturated carbocycles. The number of carbonyl (C=O) groups excluding carboxylic acids is 1. The van der Waals surface area contributed by atoms with Gasteiger partial charge in [0.15, 0.2) is 0 Å². The molecule has 0 aliphatic carbocycles. The van der Waals surface area contributed by atoms with E-state index in [9.17, 15) is 4.79 Å². The standard InChI is InChI=1S/C14H21NO2/c1-4-13(14(16)17-5-2)15-11(3)12-9-7-6-8-10-12/h6-11,13,15H,4-5H2,1-3H3/t11-,13?/m1/s1. The Morgan fingerprint density at radius 1 is 1.29 bits per heavy atom. The van der Waals surface area contributed by atoms with Gasteiger partial charge in [0.2, 0.25) is 0 Å². The van der Waals surface area contributed by atoms with Gasteiger partial charge in [0.25, 0.3) is 0 Å². The summed E-state index contributed by atoms with van der Waals surface area (Å²) in [6.07, 6.45) is 0.732. The fraction of sp³-hybridized carbons (Fsp3) is 0.500. The predicted molar refractivity (Wildman–Crippen MR) is 68.7 cm³/mol. The Bertz CT molecular complexity index is 337. The number of rotatable bonds is 6.